The van der Waals surface area contributed by atoms with Crippen LogP contribution in [-0.2, 0) is 6.54 Å². The van der Waals surface area contributed by atoms with Crippen LogP contribution in [0.5, 0.6) is 0 Å². The van der Waals surface area contributed by atoms with Gasteiger partial charge >= 0.3 is 6.09 Å². The molecule has 1 aromatic heterocycles. The van der Waals surface area contributed by atoms with Crippen LogP contribution in [0.3, 0.4) is 0 Å². The third-order valence-corrected chi connectivity index (χ3v) is 7.86. The van der Waals surface area contributed by atoms with E-state index in [1.807, 2.05) is 85.9 Å². The van der Waals surface area contributed by atoms with Gasteiger partial charge in [0.1, 0.15) is 0 Å². The summed E-state index contributed by atoms with van der Waals surface area (Å²) < 4.78 is 1.72. The fourth-order valence-corrected chi connectivity index (χ4v) is 5.28. The fourth-order valence-electron chi connectivity index (χ4n) is 5.28. The first-order valence-electron chi connectivity index (χ1n) is 13.7. The maximum atomic E-state index is 13.3. The molecule has 0 atom stereocenters. The van der Waals surface area contributed by atoms with E-state index >= 15 is 0 Å². The third kappa shape index (κ3) is 5.27. The first-order valence-corrected chi connectivity index (χ1v) is 13.7. The Labute approximate surface area is 232 Å². The second kappa shape index (κ2) is 10.5. The second-order valence-corrected chi connectivity index (χ2v) is 10.7. The van der Waals surface area contributed by atoms with E-state index in [4.69, 9.17) is 5.11 Å². The molecule has 0 radical (unpaired) electrons. The molecular weight excluding hydrogens is 502 g/mol. The SMILES string of the molecule is Cc1ccc(C(=O)NC2CC2)cc1-c1ccc2c(=O)n(Cc3ccc(C4=CCN(C(=O)O)CC4)cc3)ccc2c1. The number of nitrogens with zero attached hydrogens (tertiary/aromatic N) is 2. The van der Waals surface area contributed by atoms with Gasteiger partial charge in [-0.05, 0) is 95.3 Å². The van der Waals surface area contributed by atoms with Gasteiger partial charge in [-0.2, -0.15) is 0 Å². The number of aromatic nitrogens is 1. The molecule has 0 unspecified atom stereocenters. The van der Waals surface area contributed by atoms with Crippen molar-refractivity contribution >= 4 is 28.3 Å². The first-order chi connectivity index (χ1) is 19.4. The zero-order valence-electron chi connectivity index (χ0n) is 22.4. The van der Waals surface area contributed by atoms with Crippen LogP contribution in [0.4, 0.5) is 4.79 Å². The molecule has 3 aromatic carbocycles. The maximum Gasteiger partial charge on any atom is 0.407 e. The Bertz CT molecular complexity index is 1710. The molecule has 2 aliphatic rings. The van der Waals surface area contributed by atoms with Gasteiger partial charge in [0.05, 0.1) is 6.54 Å². The van der Waals surface area contributed by atoms with Crippen LogP contribution in [0.2, 0.25) is 0 Å². The highest BCUT2D eigenvalue weighted by molar-refractivity contribution is 5.96. The summed E-state index contributed by atoms with van der Waals surface area (Å²) in [6, 6.07) is 22.0. The number of rotatable bonds is 6. The monoisotopic (exact) mass is 533 g/mol. The lowest BCUT2D eigenvalue weighted by atomic mass is 9.96. The van der Waals surface area contributed by atoms with Gasteiger partial charge < -0.3 is 19.9 Å². The quantitative estimate of drug-likeness (QED) is 0.333. The molecule has 2 amide bonds. The smallest absolute Gasteiger partial charge is 0.407 e. The highest BCUT2D eigenvalue weighted by Crippen LogP contribution is 2.28. The predicted octanol–water partition coefficient (Wildman–Crippen LogP) is 5.68. The molecule has 2 N–H and O–H groups in total. The van der Waals surface area contributed by atoms with E-state index in [2.05, 4.69) is 5.32 Å². The summed E-state index contributed by atoms with van der Waals surface area (Å²) in [5.74, 6) is -0.0410. The number of hydrogen-bond donors (Lipinski definition) is 2. The number of fused-ring (bicyclic) bond motifs is 1. The van der Waals surface area contributed by atoms with Crippen molar-refractivity contribution in [1.29, 1.82) is 0 Å². The van der Waals surface area contributed by atoms with E-state index in [-0.39, 0.29) is 11.5 Å². The summed E-state index contributed by atoms with van der Waals surface area (Å²) in [4.78, 5) is 38.5. The van der Waals surface area contributed by atoms with Gasteiger partial charge in [-0.3, -0.25) is 9.59 Å². The van der Waals surface area contributed by atoms with Gasteiger partial charge in [0.2, 0.25) is 0 Å². The Kier molecular flexibility index (Phi) is 6.72. The first kappa shape index (κ1) is 25.6. The molecule has 1 saturated carbocycles. The van der Waals surface area contributed by atoms with Crippen LogP contribution in [0.25, 0.3) is 27.5 Å². The second-order valence-electron chi connectivity index (χ2n) is 10.7. The number of carbonyl (C=O) groups excluding carboxylic acids is 1. The summed E-state index contributed by atoms with van der Waals surface area (Å²) >= 11 is 0. The molecule has 0 saturated heterocycles. The van der Waals surface area contributed by atoms with Crippen LogP contribution in [0.1, 0.15) is 46.3 Å². The van der Waals surface area contributed by atoms with Crippen molar-refractivity contribution in [3.05, 3.63) is 112 Å². The predicted molar refractivity (Wildman–Crippen MR) is 157 cm³/mol. The van der Waals surface area contributed by atoms with Crippen molar-refractivity contribution in [2.24, 2.45) is 0 Å². The number of carboxylic acid groups (broad SMARTS) is 1. The average molecular weight is 534 g/mol. The molecule has 7 nitrogen and oxygen atoms in total. The minimum atomic E-state index is -0.889. The van der Waals surface area contributed by atoms with E-state index in [1.54, 1.807) is 4.57 Å². The molecule has 1 fully saturated rings. The van der Waals surface area contributed by atoms with E-state index < -0.39 is 6.09 Å². The van der Waals surface area contributed by atoms with Crippen molar-refractivity contribution in [2.75, 3.05) is 13.1 Å². The maximum absolute atomic E-state index is 13.3. The lowest BCUT2D eigenvalue weighted by molar-refractivity contribution is 0.0951. The number of hydrogen-bond acceptors (Lipinski definition) is 3. The number of nitrogens with one attached hydrogen (secondary N) is 1. The van der Waals surface area contributed by atoms with Gasteiger partial charge in [0.25, 0.3) is 11.5 Å². The molecule has 40 heavy (non-hydrogen) atoms. The van der Waals surface area contributed by atoms with Crippen molar-refractivity contribution in [3.8, 4) is 11.1 Å². The molecule has 202 valence electrons. The van der Waals surface area contributed by atoms with Crippen LogP contribution in [-0.4, -0.2) is 45.7 Å². The number of carbonyl (C=O) groups is 2. The Morgan fingerprint density at radius 1 is 0.975 bits per heavy atom. The van der Waals surface area contributed by atoms with Gasteiger partial charge in [0.15, 0.2) is 0 Å². The van der Waals surface area contributed by atoms with Gasteiger partial charge in [-0.25, -0.2) is 4.79 Å². The Morgan fingerprint density at radius 3 is 2.45 bits per heavy atom. The summed E-state index contributed by atoms with van der Waals surface area (Å²) in [6.45, 7) is 3.39. The van der Waals surface area contributed by atoms with Crippen molar-refractivity contribution < 1.29 is 14.7 Å². The Hall–Kier alpha value is -4.65. The zero-order chi connectivity index (χ0) is 27.8. The van der Waals surface area contributed by atoms with E-state index in [0.29, 0.717) is 43.0 Å². The van der Waals surface area contributed by atoms with Crippen molar-refractivity contribution in [3.63, 3.8) is 0 Å². The molecule has 2 heterocycles. The van der Waals surface area contributed by atoms with E-state index in [9.17, 15) is 14.4 Å². The molecule has 1 aliphatic heterocycles. The number of aryl methyl sites for hydroxylation is 1. The number of benzene rings is 3. The molecule has 7 heteroatoms. The summed E-state index contributed by atoms with van der Waals surface area (Å²) in [5.41, 5.74) is 6.87. The zero-order valence-corrected chi connectivity index (χ0v) is 22.4. The summed E-state index contributed by atoms with van der Waals surface area (Å²) in [6.07, 6.45) is 5.69. The van der Waals surface area contributed by atoms with Crippen LogP contribution in [0.15, 0.2) is 83.8 Å². The molecule has 1 aliphatic carbocycles. The summed E-state index contributed by atoms with van der Waals surface area (Å²) in [5, 5.41) is 13.7. The minimum Gasteiger partial charge on any atom is -0.465 e. The minimum absolute atomic E-state index is 0.0410. The lowest BCUT2D eigenvalue weighted by Crippen LogP contribution is -2.33. The Balaban J connectivity index is 1.21. The third-order valence-electron chi connectivity index (χ3n) is 7.86. The van der Waals surface area contributed by atoms with E-state index in [1.165, 1.54) is 4.90 Å². The molecule has 0 bridgehead atoms. The lowest BCUT2D eigenvalue weighted by Gasteiger charge is -2.23. The van der Waals surface area contributed by atoms with Crippen molar-refractivity contribution in [2.45, 2.75) is 38.8 Å². The molecule has 0 spiro atoms. The highest BCUT2D eigenvalue weighted by Gasteiger charge is 2.24. The standard InChI is InChI=1S/C33H31N3O4/c1-21-2-5-27(31(37)34-28-9-10-28)19-30(21)25-8-11-29-26(18-25)14-17-36(32(29)38)20-22-3-6-23(7-4-22)24-12-15-35(16-13-24)33(39)40/h2-8,11-12,14,17-19,28H,9-10,13,15-16,20H2,1H3,(H,34,37)(H,39,40). The highest BCUT2D eigenvalue weighted by atomic mass is 16.4. The normalized spacial score (nSPS) is 15.1. The fraction of sp³-hybridized carbons (Fsp3) is 0.242. The van der Waals surface area contributed by atoms with E-state index in [0.717, 1.165) is 51.6 Å². The van der Waals surface area contributed by atoms with Crippen LogP contribution in [0, 0.1) is 6.92 Å². The number of amides is 2. The summed E-state index contributed by atoms with van der Waals surface area (Å²) in [7, 11) is 0. The van der Waals surface area contributed by atoms with Crippen LogP contribution < -0.4 is 10.9 Å². The molecule has 4 aromatic rings. The number of pyridine rings is 1. The Morgan fingerprint density at radius 2 is 1.75 bits per heavy atom. The van der Waals surface area contributed by atoms with Crippen molar-refractivity contribution in [1.82, 2.24) is 14.8 Å². The largest absolute Gasteiger partial charge is 0.465 e. The average Bonchev–Trinajstić information content (AvgIpc) is 3.79. The molecule has 6 rings (SSSR count). The van der Waals surface area contributed by atoms with Gasteiger partial charge in [0, 0.05) is 36.3 Å². The van der Waals surface area contributed by atoms with Gasteiger partial charge in [-0.15, -0.1) is 0 Å². The van der Waals surface area contributed by atoms with Crippen LogP contribution >= 0.6 is 0 Å². The molecular formula is C33H31N3O4. The van der Waals surface area contributed by atoms with Gasteiger partial charge in [-0.1, -0.05) is 42.5 Å². The topological polar surface area (TPSA) is 91.6 Å².